The molecule has 0 atom stereocenters. The Hall–Kier alpha value is -1.51. The van der Waals surface area contributed by atoms with E-state index in [4.69, 9.17) is 5.41 Å². The van der Waals surface area contributed by atoms with Crippen LogP contribution in [0.25, 0.3) is 0 Å². The Kier molecular flexibility index (Phi) is 1.89. The lowest BCUT2D eigenvalue weighted by Gasteiger charge is -1.94. The van der Waals surface area contributed by atoms with E-state index in [1.807, 2.05) is 0 Å². The largest absolute Gasteiger partial charge is 0.308 e. The first-order valence-electron chi connectivity index (χ1n) is 2.79. The van der Waals surface area contributed by atoms with E-state index in [1.54, 1.807) is 18.5 Å². The third-order valence-electron chi connectivity index (χ3n) is 1.16. The maximum atomic E-state index is 6.95. The van der Waals surface area contributed by atoms with Gasteiger partial charge in [-0.3, -0.25) is 9.98 Å². The zero-order valence-corrected chi connectivity index (χ0v) is 5.41. The van der Waals surface area contributed by atoms with E-state index in [9.17, 15) is 0 Å². The Morgan fingerprint density at radius 2 is 2.50 bits per heavy atom. The highest BCUT2D eigenvalue weighted by Crippen LogP contribution is 2.12. The molecule has 0 amide bonds. The van der Waals surface area contributed by atoms with E-state index >= 15 is 0 Å². The van der Waals surface area contributed by atoms with Crippen molar-refractivity contribution in [2.24, 2.45) is 4.99 Å². The molecule has 0 fully saturated rings. The lowest BCUT2D eigenvalue weighted by Crippen LogP contribution is -1.80. The van der Waals surface area contributed by atoms with Crippen LogP contribution in [-0.4, -0.2) is 17.9 Å². The van der Waals surface area contributed by atoms with Gasteiger partial charge in [-0.25, -0.2) is 0 Å². The minimum Gasteiger partial charge on any atom is -0.308 e. The zero-order valence-electron chi connectivity index (χ0n) is 5.41. The van der Waals surface area contributed by atoms with Gasteiger partial charge in [-0.15, -0.1) is 0 Å². The molecule has 0 saturated carbocycles. The second-order valence-corrected chi connectivity index (χ2v) is 1.74. The van der Waals surface area contributed by atoms with E-state index < -0.39 is 0 Å². The summed E-state index contributed by atoms with van der Waals surface area (Å²) in [5.74, 6) is 0. The number of aromatic nitrogens is 1. The van der Waals surface area contributed by atoms with Crippen LogP contribution in [0.3, 0.4) is 0 Å². The van der Waals surface area contributed by atoms with Gasteiger partial charge in [0.15, 0.2) is 0 Å². The van der Waals surface area contributed by atoms with Crippen LogP contribution in [0.5, 0.6) is 0 Å². The van der Waals surface area contributed by atoms with Gasteiger partial charge in [0, 0.05) is 18.0 Å². The summed E-state index contributed by atoms with van der Waals surface area (Å²) in [5.41, 5.74) is 1.39. The lowest BCUT2D eigenvalue weighted by molar-refractivity contribution is 1.30. The number of nitrogens with zero attached hydrogens (tertiary/aromatic N) is 2. The van der Waals surface area contributed by atoms with Gasteiger partial charge in [0.1, 0.15) is 0 Å². The third kappa shape index (κ3) is 1.07. The predicted octanol–water partition coefficient (Wildman–Crippen LogP) is 1.41. The molecule has 3 heteroatoms. The molecule has 0 spiro atoms. The van der Waals surface area contributed by atoms with Crippen LogP contribution >= 0.6 is 0 Å². The summed E-state index contributed by atoms with van der Waals surface area (Å²) in [4.78, 5) is 7.50. The molecule has 0 saturated heterocycles. The van der Waals surface area contributed by atoms with Gasteiger partial charge in [0.05, 0.1) is 11.9 Å². The SMILES string of the molecule is C=Nc1cnccc1C=N. The summed E-state index contributed by atoms with van der Waals surface area (Å²) < 4.78 is 0. The highest BCUT2D eigenvalue weighted by Gasteiger charge is 1.93. The van der Waals surface area contributed by atoms with Crippen LogP contribution in [0, 0.1) is 5.41 Å². The second-order valence-electron chi connectivity index (χ2n) is 1.74. The Morgan fingerprint density at radius 3 is 3.00 bits per heavy atom. The van der Waals surface area contributed by atoms with E-state index in [2.05, 4.69) is 16.7 Å². The Labute approximate surface area is 59.0 Å². The minimum atomic E-state index is 0.650. The number of aliphatic imine (C=N–C) groups is 1. The van der Waals surface area contributed by atoms with Crippen molar-refractivity contribution in [1.29, 1.82) is 5.41 Å². The molecular weight excluding hydrogens is 126 g/mol. The van der Waals surface area contributed by atoms with Crippen molar-refractivity contribution in [3.63, 3.8) is 0 Å². The lowest BCUT2D eigenvalue weighted by atomic mass is 10.2. The van der Waals surface area contributed by atoms with Gasteiger partial charge in [-0.1, -0.05) is 0 Å². The first kappa shape index (κ1) is 6.61. The van der Waals surface area contributed by atoms with Crippen LogP contribution in [0.1, 0.15) is 5.56 Å². The van der Waals surface area contributed by atoms with E-state index in [0.717, 1.165) is 5.56 Å². The fourth-order valence-corrected chi connectivity index (χ4v) is 0.651. The zero-order chi connectivity index (χ0) is 7.40. The van der Waals surface area contributed by atoms with Crippen LogP contribution < -0.4 is 0 Å². The van der Waals surface area contributed by atoms with Crippen molar-refractivity contribution >= 4 is 18.6 Å². The standard InChI is InChI=1S/C7H7N3/c1-9-7-5-10-3-2-6(7)4-8/h2-5,8H,1H2. The molecule has 10 heavy (non-hydrogen) atoms. The molecule has 0 aliphatic heterocycles. The van der Waals surface area contributed by atoms with Gasteiger partial charge < -0.3 is 5.41 Å². The summed E-state index contributed by atoms with van der Waals surface area (Å²) in [6, 6.07) is 1.72. The van der Waals surface area contributed by atoms with Crippen LogP contribution in [0.15, 0.2) is 23.5 Å². The molecule has 0 radical (unpaired) electrons. The first-order valence-corrected chi connectivity index (χ1v) is 2.79. The number of rotatable bonds is 2. The van der Waals surface area contributed by atoms with Crippen molar-refractivity contribution in [3.8, 4) is 0 Å². The first-order chi connectivity index (χ1) is 4.88. The van der Waals surface area contributed by atoms with Crippen molar-refractivity contribution in [3.05, 3.63) is 24.0 Å². The Bertz CT molecular complexity index is 228. The predicted molar refractivity (Wildman–Crippen MR) is 41.3 cm³/mol. The molecule has 1 aromatic heterocycles. The average molecular weight is 133 g/mol. The Balaban J connectivity index is 3.20. The molecule has 0 aliphatic carbocycles. The minimum absolute atomic E-state index is 0.650. The fourth-order valence-electron chi connectivity index (χ4n) is 0.651. The van der Waals surface area contributed by atoms with E-state index in [0.29, 0.717) is 5.69 Å². The maximum absolute atomic E-state index is 6.95. The monoisotopic (exact) mass is 133 g/mol. The highest BCUT2D eigenvalue weighted by atomic mass is 14.7. The number of hydrogen-bond donors (Lipinski definition) is 1. The van der Waals surface area contributed by atoms with Crippen LogP contribution in [-0.2, 0) is 0 Å². The fraction of sp³-hybridized carbons (Fsp3) is 0. The molecule has 0 unspecified atom stereocenters. The molecule has 0 bridgehead atoms. The molecule has 50 valence electrons. The third-order valence-corrected chi connectivity index (χ3v) is 1.16. The molecule has 1 rings (SSSR count). The molecule has 1 heterocycles. The summed E-state index contributed by atoms with van der Waals surface area (Å²) >= 11 is 0. The summed E-state index contributed by atoms with van der Waals surface area (Å²) in [7, 11) is 0. The highest BCUT2D eigenvalue weighted by molar-refractivity contribution is 5.84. The topological polar surface area (TPSA) is 49.1 Å². The van der Waals surface area contributed by atoms with Gasteiger partial charge >= 0.3 is 0 Å². The van der Waals surface area contributed by atoms with E-state index in [1.165, 1.54) is 6.21 Å². The van der Waals surface area contributed by atoms with Crippen molar-refractivity contribution in [2.45, 2.75) is 0 Å². The summed E-state index contributed by atoms with van der Waals surface area (Å²) in [6.45, 7) is 3.35. The normalized spacial score (nSPS) is 8.80. The van der Waals surface area contributed by atoms with Crippen LogP contribution in [0.4, 0.5) is 5.69 Å². The van der Waals surface area contributed by atoms with Gasteiger partial charge in [0.2, 0.25) is 0 Å². The van der Waals surface area contributed by atoms with Crippen LogP contribution in [0.2, 0.25) is 0 Å². The van der Waals surface area contributed by atoms with E-state index in [-0.39, 0.29) is 0 Å². The quantitative estimate of drug-likeness (QED) is 0.609. The molecule has 1 N–H and O–H groups in total. The molecule has 3 nitrogen and oxygen atoms in total. The molecule has 0 aliphatic rings. The summed E-state index contributed by atoms with van der Waals surface area (Å²) in [5, 5.41) is 6.95. The second kappa shape index (κ2) is 2.87. The number of nitrogens with one attached hydrogen (secondary N) is 1. The van der Waals surface area contributed by atoms with Gasteiger partial charge in [-0.05, 0) is 12.8 Å². The number of pyridine rings is 1. The maximum Gasteiger partial charge on any atom is 0.0893 e. The van der Waals surface area contributed by atoms with Crippen molar-refractivity contribution in [1.82, 2.24) is 4.98 Å². The molecule has 1 aromatic rings. The smallest absolute Gasteiger partial charge is 0.0893 e. The number of hydrogen-bond acceptors (Lipinski definition) is 3. The van der Waals surface area contributed by atoms with Crippen molar-refractivity contribution in [2.75, 3.05) is 0 Å². The summed E-state index contributed by atoms with van der Waals surface area (Å²) in [6.07, 6.45) is 4.42. The van der Waals surface area contributed by atoms with Gasteiger partial charge in [-0.2, -0.15) is 0 Å². The van der Waals surface area contributed by atoms with Gasteiger partial charge in [0.25, 0.3) is 0 Å². The molecule has 0 aromatic carbocycles. The molecular formula is C7H7N3. The average Bonchev–Trinajstić information content (AvgIpc) is 2.04. The van der Waals surface area contributed by atoms with Crippen molar-refractivity contribution < 1.29 is 0 Å². The Morgan fingerprint density at radius 1 is 1.70 bits per heavy atom.